The fourth-order valence-corrected chi connectivity index (χ4v) is 4.95. The topological polar surface area (TPSA) is 71.1 Å². The molecule has 0 unspecified atom stereocenters. The minimum atomic E-state index is -1.02. The molecule has 0 bridgehead atoms. The number of hydrogen-bond acceptors (Lipinski definition) is 5. The highest BCUT2D eigenvalue weighted by Gasteiger charge is 2.47. The summed E-state index contributed by atoms with van der Waals surface area (Å²) in [6, 6.07) is 9.34. The van der Waals surface area contributed by atoms with Gasteiger partial charge in [-0.2, -0.15) is 5.06 Å². The number of hydrogen-bond donors (Lipinski definition) is 1. The van der Waals surface area contributed by atoms with Crippen molar-refractivity contribution in [3.05, 3.63) is 57.6 Å². The number of benzene rings is 2. The van der Waals surface area contributed by atoms with Crippen LogP contribution in [-0.4, -0.2) is 61.7 Å². The van der Waals surface area contributed by atoms with Crippen LogP contribution in [0.2, 0.25) is 5.02 Å². The van der Waals surface area contributed by atoms with Gasteiger partial charge >= 0.3 is 0 Å². The third-order valence-corrected chi connectivity index (χ3v) is 7.06. The Hall–Kier alpha value is -2.61. The van der Waals surface area contributed by atoms with Gasteiger partial charge in [-0.3, -0.25) is 9.59 Å². The van der Waals surface area contributed by atoms with Crippen LogP contribution in [0.4, 0.5) is 5.69 Å². The molecule has 1 N–H and O–H groups in total. The van der Waals surface area contributed by atoms with Crippen LogP contribution in [0.15, 0.2) is 30.3 Å². The van der Waals surface area contributed by atoms with Gasteiger partial charge in [-0.15, -0.1) is 0 Å². The first-order valence-corrected chi connectivity index (χ1v) is 11.8. The van der Waals surface area contributed by atoms with Crippen LogP contribution < -0.4 is 10.1 Å². The van der Waals surface area contributed by atoms with Crippen molar-refractivity contribution < 1.29 is 19.2 Å². The van der Waals surface area contributed by atoms with E-state index in [2.05, 4.69) is 5.32 Å². The predicted molar refractivity (Wildman–Crippen MR) is 134 cm³/mol. The van der Waals surface area contributed by atoms with Crippen LogP contribution in [0.1, 0.15) is 35.1 Å². The van der Waals surface area contributed by atoms with Gasteiger partial charge in [-0.1, -0.05) is 17.7 Å². The van der Waals surface area contributed by atoms with E-state index in [1.165, 1.54) is 0 Å². The lowest BCUT2D eigenvalue weighted by Gasteiger charge is -2.45. The van der Waals surface area contributed by atoms with Gasteiger partial charge in [-0.05, 0) is 80.1 Å². The molecule has 2 aromatic carbocycles. The maximum atomic E-state index is 13.8. The van der Waals surface area contributed by atoms with Gasteiger partial charge in [0.15, 0.2) is 0 Å². The molecule has 1 heterocycles. The number of aryl methyl sites for hydroxylation is 3. The Morgan fingerprint density at radius 1 is 1.09 bits per heavy atom. The smallest absolute Gasteiger partial charge is 0.250 e. The minimum Gasteiger partial charge on any atom is -0.495 e. The number of ether oxygens (including phenoxy) is 1. The summed E-state index contributed by atoms with van der Waals surface area (Å²) < 4.78 is 5.47. The SMILES string of the molecule is COc1cc(C)ccc1NC(=O)C1(N(C)C(=O)Cc2c(C)cc(Cl)cc2C)CCN(OC)CC1. The van der Waals surface area contributed by atoms with Crippen LogP contribution >= 0.6 is 11.6 Å². The lowest BCUT2D eigenvalue weighted by molar-refractivity contribution is -0.171. The van der Waals surface area contributed by atoms with E-state index in [1.54, 1.807) is 26.2 Å². The third kappa shape index (κ3) is 5.37. The molecule has 1 aliphatic rings. The first-order valence-electron chi connectivity index (χ1n) is 11.4. The van der Waals surface area contributed by atoms with Crippen LogP contribution in [0.3, 0.4) is 0 Å². The summed E-state index contributed by atoms with van der Waals surface area (Å²) in [5.41, 5.74) is 3.45. The molecule has 1 fully saturated rings. The fraction of sp³-hybridized carbons (Fsp3) is 0.462. The molecule has 2 amide bonds. The van der Waals surface area contributed by atoms with E-state index >= 15 is 0 Å². The molecule has 0 aliphatic carbocycles. The monoisotopic (exact) mass is 487 g/mol. The number of anilines is 1. The zero-order chi connectivity index (χ0) is 25.0. The Bertz CT molecular complexity index is 1040. The first-order chi connectivity index (χ1) is 16.1. The van der Waals surface area contributed by atoms with Crippen molar-refractivity contribution in [2.45, 2.75) is 45.6 Å². The molecule has 0 radical (unpaired) electrons. The fourth-order valence-electron chi connectivity index (χ4n) is 4.62. The lowest BCUT2D eigenvalue weighted by atomic mass is 9.84. The van der Waals surface area contributed by atoms with Gasteiger partial charge in [0.05, 0.1) is 26.3 Å². The van der Waals surface area contributed by atoms with Crippen LogP contribution in [0, 0.1) is 20.8 Å². The zero-order valence-corrected chi connectivity index (χ0v) is 21.6. The van der Waals surface area contributed by atoms with Crippen molar-refractivity contribution in [2.75, 3.05) is 39.7 Å². The molecule has 7 nitrogen and oxygen atoms in total. The number of halogens is 1. The molecule has 1 saturated heterocycles. The van der Waals surface area contributed by atoms with Gasteiger partial charge in [0.1, 0.15) is 11.3 Å². The van der Waals surface area contributed by atoms with Crippen LogP contribution in [0.5, 0.6) is 5.75 Å². The van der Waals surface area contributed by atoms with E-state index in [0.29, 0.717) is 42.4 Å². The number of piperidine rings is 1. The van der Waals surface area contributed by atoms with Gasteiger partial charge in [-0.25, -0.2) is 0 Å². The van der Waals surface area contributed by atoms with Crippen molar-refractivity contribution in [1.29, 1.82) is 0 Å². The summed E-state index contributed by atoms with van der Waals surface area (Å²) in [7, 11) is 4.91. The lowest BCUT2D eigenvalue weighted by Crippen LogP contribution is -2.62. The maximum absolute atomic E-state index is 13.8. The van der Waals surface area contributed by atoms with E-state index < -0.39 is 5.54 Å². The summed E-state index contributed by atoms with van der Waals surface area (Å²) >= 11 is 6.17. The quantitative estimate of drug-likeness (QED) is 0.630. The summed E-state index contributed by atoms with van der Waals surface area (Å²) in [6.45, 7) is 6.93. The summed E-state index contributed by atoms with van der Waals surface area (Å²) in [5, 5.41) is 5.48. The zero-order valence-electron chi connectivity index (χ0n) is 20.8. The Morgan fingerprint density at radius 3 is 2.26 bits per heavy atom. The Balaban J connectivity index is 1.90. The summed E-state index contributed by atoms with van der Waals surface area (Å²) in [4.78, 5) is 34.3. The third-order valence-electron chi connectivity index (χ3n) is 6.84. The van der Waals surface area contributed by atoms with Crippen molar-refractivity contribution in [3.8, 4) is 5.75 Å². The van der Waals surface area contributed by atoms with Crippen molar-refractivity contribution in [1.82, 2.24) is 9.96 Å². The second kappa shape index (κ2) is 10.8. The standard InChI is InChI=1S/C26H34ClN3O4/c1-17-7-8-22(23(13-17)33-5)28-25(32)26(9-11-30(34-6)12-10-26)29(4)24(31)16-21-18(2)14-20(27)15-19(21)3/h7-8,13-15H,9-12,16H2,1-6H3,(H,28,32). The molecule has 0 atom stereocenters. The highest BCUT2D eigenvalue weighted by Crippen LogP contribution is 2.33. The number of methoxy groups -OCH3 is 1. The normalized spacial score (nSPS) is 15.6. The largest absolute Gasteiger partial charge is 0.495 e. The molecule has 184 valence electrons. The molecule has 0 saturated carbocycles. The molecule has 0 aromatic heterocycles. The highest BCUT2D eigenvalue weighted by molar-refractivity contribution is 6.30. The number of likely N-dealkylation sites (N-methyl/N-ethyl adjacent to an activating group) is 1. The average molecular weight is 488 g/mol. The molecule has 1 aliphatic heterocycles. The highest BCUT2D eigenvalue weighted by atomic mass is 35.5. The van der Waals surface area contributed by atoms with Gasteiger partial charge in [0.25, 0.3) is 5.91 Å². The van der Waals surface area contributed by atoms with E-state index in [0.717, 1.165) is 22.3 Å². The molecule has 0 spiro atoms. The number of hydroxylamine groups is 2. The Labute approximate surface area is 206 Å². The number of rotatable bonds is 7. The second-order valence-corrected chi connectivity index (χ2v) is 9.39. The predicted octanol–water partition coefficient (Wildman–Crippen LogP) is 4.31. The summed E-state index contributed by atoms with van der Waals surface area (Å²) in [6.07, 6.45) is 1.09. The number of carbonyl (C=O) groups is 2. The summed E-state index contributed by atoms with van der Waals surface area (Å²) in [5.74, 6) is 0.232. The van der Waals surface area contributed by atoms with Crippen molar-refractivity contribution in [3.63, 3.8) is 0 Å². The number of nitrogens with zero attached hydrogens (tertiary/aromatic N) is 2. The average Bonchev–Trinajstić information content (AvgIpc) is 2.81. The number of nitrogens with one attached hydrogen (secondary N) is 1. The van der Waals surface area contributed by atoms with E-state index in [1.807, 2.05) is 56.2 Å². The first kappa shape index (κ1) is 26.0. The van der Waals surface area contributed by atoms with Crippen molar-refractivity contribution >= 4 is 29.1 Å². The van der Waals surface area contributed by atoms with E-state index in [9.17, 15) is 9.59 Å². The molecular formula is C26H34ClN3O4. The van der Waals surface area contributed by atoms with E-state index in [4.69, 9.17) is 21.2 Å². The second-order valence-electron chi connectivity index (χ2n) is 8.95. The van der Waals surface area contributed by atoms with Crippen molar-refractivity contribution in [2.24, 2.45) is 0 Å². The maximum Gasteiger partial charge on any atom is 0.250 e. The Kier molecular flexibility index (Phi) is 8.23. The number of amides is 2. The van der Waals surface area contributed by atoms with Gasteiger partial charge < -0.3 is 19.8 Å². The van der Waals surface area contributed by atoms with E-state index in [-0.39, 0.29) is 18.2 Å². The van der Waals surface area contributed by atoms with Gasteiger partial charge in [0, 0.05) is 25.2 Å². The van der Waals surface area contributed by atoms with Crippen LogP contribution in [-0.2, 0) is 20.8 Å². The minimum absolute atomic E-state index is 0.120. The Morgan fingerprint density at radius 2 is 1.71 bits per heavy atom. The molecular weight excluding hydrogens is 454 g/mol. The van der Waals surface area contributed by atoms with Gasteiger partial charge in [0.2, 0.25) is 5.91 Å². The number of carbonyl (C=O) groups excluding carboxylic acids is 2. The molecule has 2 aromatic rings. The molecule has 8 heteroatoms. The molecule has 3 rings (SSSR count). The molecule has 34 heavy (non-hydrogen) atoms. The van der Waals surface area contributed by atoms with Crippen LogP contribution in [0.25, 0.3) is 0 Å².